The monoisotopic (exact) mass is 332 g/mol. The summed E-state index contributed by atoms with van der Waals surface area (Å²) in [7, 11) is 0. The van der Waals surface area contributed by atoms with Crippen LogP contribution in [-0.4, -0.2) is 11.4 Å². The summed E-state index contributed by atoms with van der Waals surface area (Å²) in [5, 5.41) is 0. The number of hydrogen-bond donors (Lipinski definition) is 0. The summed E-state index contributed by atoms with van der Waals surface area (Å²) in [5.41, 5.74) is 2.40. The average molecular weight is 333 g/mol. The number of fused-ring (bicyclic) bond motifs is 1. The second-order valence-electron chi connectivity index (χ2n) is 4.98. The highest BCUT2D eigenvalue weighted by Gasteiger charge is 2.16. The minimum Gasteiger partial charge on any atom is -0.493 e. The predicted octanol–water partition coefficient (Wildman–Crippen LogP) is 4.35. The minimum atomic E-state index is 0.480. The fourth-order valence-electron chi connectivity index (χ4n) is 2.32. The molecule has 104 valence electrons. The molecule has 1 heterocycles. The van der Waals surface area contributed by atoms with Crippen molar-refractivity contribution in [3.05, 3.63) is 59.7 Å². The summed E-state index contributed by atoms with van der Waals surface area (Å²) in [6, 6.07) is 16.3. The van der Waals surface area contributed by atoms with Gasteiger partial charge in [-0.2, -0.15) is 0 Å². The molecule has 0 saturated carbocycles. The van der Waals surface area contributed by atoms with Crippen LogP contribution in [0.5, 0.6) is 11.5 Å². The van der Waals surface area contributed by atoms with E-state index in [9.17, 15) is 0 Å². The van der Waals surface area contributed by atoms with Gasteiger partial charge in [-0.3, -0.25) is 0 Å². The third kappa shape index (κ3) is 3.34. The zero-order chi connectivity index (χ0) is 13.8. The Morgan fingerprint density at radius 3 is 2.85 bits per heavy atom. The number of rotatable bonds is 3. The molecule has 2 nitrogen and oxygen atoms in total. The third-order valence-electron chi connectivity index (χ3n) is 3.41. The molecule has 0 radical (unpaired) electrons. The fraction of sp³-hybridized carbons (Fsp3) is 0.294. The molecule has 3 heteroatoms. The second kappa shape index (κ2) is 6.31. The van der Waals surface area contributed by atoms with Gasteiger partial charge in [-0.1, -0.05) is 46.3 Å². The molecule has 0 bridgehead atoms. The van der Waals surface area contributed by atoms with Crippen LogP contribution in [0.4, 0.5) is 0 Å². The zero-order valence-corrected chi connectivity index (χ0v) is 12.8. The molecule has 1 atom stereocenters. The highest BCUT2D eigenvalue weighted by molar-refractivity contribution is 9.09. The van der Waals surface area contributed by atoms with Gasteiger partial charge in [0.15, 0.2) is 0 Å². The van der Waals surface area contributed by atoms with Crippen LogP contribution in [0.25, 0.3) is 0 Å². The van der Waals surface area contributed by atoms with E-state index in [4.69, 9.17) is 9.47 Å². The van der Waals surface area contributed by atoms with Crippen LogP contribution in [0, 0.1) is 0 Å². The molecule has 1 aliphatic heterocycles. The molecule has 0 amide bonds. The van der Waals surface area contributed by atoms with Gasteiger partial charge in [0.2, 0.25) is 0 Å². The topological polar surface area (TPSA) is 18.5 Å². The van der Waals surface area contributed by atoms with E-state index in [1.165, 1.54) is 11.1 Å². The predicted molar refractivity (Wildman–Crippen MR) is 83.7 cm³/mol. The lowest BCUT2D eigenvalue weighted by Gasteiger charge is -2.11. The van der Waals surface area contributed by atoms with E-state index >= 15 is 0 Å². The van der Waals surface area contributed by atoms with E-state index < -0.39 is 0 Å². The van der Waals surface area contributed by atoms with Crippen molar-refractivity contribution < 1.29 is 9.47 Å². The number of benzene rings is 2. The Labute approximate surface area is 127 Å². The van der Waals surface area contributed by atoms with Crippen LogP contribution in [0.3, 0.4) is 0 Å². The van der Waals surface area contributed by atoms with Crippen molar-refractivity contribution in [3.63, 3.8) is 0 Å². The molecule has 2 aromatic rings. The summed E-state index contributed by atoms with van der Waals surface area (Å²) in [4.78, 5) is 0.480. The van der Waals surface area contributed by atoms with Crippen LogP contribution >= 0.6 is 15.9 Å². The van der Waals surface area contributed by atoms with E-state index in [0.29, 0.717) is 11.4 Å². The van der Waals surface area contributed by atoms with Crippen molar-refractivity contribution in [3.8, 4) is 11.5 Å². The van der Waals surface area contributed by atoms with Gasteiger partial charge < -0.3 is 9.47 Å². The standard InChI is InChI=1S/C17H17BrO2/c18-15-8-9-19-17-7-6-16(11-14(17)10-15)20-12-13-4-2-1-3-5-13/h1-7,11,15H,8-10,12H2. The first kappa shape index (κ1) is 13.5. The van der Waals surface area contributed by atoms with Gasteiger partial charge in [0.25, 0.3) is 0 Å². The van der Waals surface area contributed by atoms with Gasteiger partial charge in [0.1, 0.15) is 18.1 Å². The molecular weight excluding hydrogens is 316 g/mol. The summed E-state index contributed by atoms with van der Waals surface area (Å²) in [6.45, 7) is 1.37. The number of hydrogen-bond acceptors (Lipinski definition) is 2. The number of alkyl halides is 1. The van der Waals surface area contributed by atoms with Crippen molar-refractivity contribution in [1.82, 2.24) is 0 Å². The van der Waals surface area contributed by atoms with Gasteiger partial charge in [-0.05, 0) is 42.2 Å². The number of ether oxygens (including phenoxy) is 2. The first-order chi connectivity index (χ1) is 9.81. The van der Waals surface area contributed by atoms with Gasteiger partial charge in [-0.15, -0.1) is 0 Å². The maximum absolute atomic E-state index is 5.86. The van der Waals surface area contributed by atoms with E-state index in [1.54, 1.807) is 0 Å². The Morgan fingerprint density at radius 2 is 2.00 bits per heavy atom. The smallest absolute Gasteiger partial charge is 0.122 e. The molecule has 1 aliphatic rings. The molecule has 1 unspecified atom stereocenters. The molecule has 0 fully saturated rings. The molecule has 0 N–H and O–H groups in total. The maximum Gasteiger partial charge on any atom is 0.122 e. The molecule has 3 rings (SSSR count). The molecule has 2 aromatic carbocycles. The van der Waals surface area contributed by atoms with E-state index in [1.807, 2.05) is 30.3 Å². The highest BCUT2D eigenvalue weighted by Crippen LogP contribution is 2.30. The minimum absolute atomic E-state index is 0.480. The average Bonchev–Trinajstić information content (AvgIpc) is 2.66. The molecule has 0 aliphatic carbocycles. The van der Waals surface area contributed by atoms with Crippen LogP contribution in [0.15, 0.2) is 48.5 Å². The number of halogens is 1. The molecule has 20 heavy (non-hydrogen) atoms. The van der Waals surface area contributed by atoms with Crippen LogP contribution < -0.4 is 9.47 Å². The third-order valence-corrected chi connectivity index (χ3v) is 4.19. The van der Waals surface area contributed by atoms with Crippen LogP contribution in [0.2, 0.25) is 0 Å². The molecule has 0 saturated heterocycles. The Hall–Kier alpha value is -1.48. The van der Waals surface area contributed by atoms with E-state index in [2.05, 4.69) is 34.1 Å². The first-order valence-electron chi connectivity index (χ1n) is 6.88. The highest BCUT2D eigenvalue weighted by atomic mass is 79.9. The largest absolute Gasteiger partial charge is 0.493 e. The van der Waals surface area contributed by atoms with Crippen molar-refractivity contribution in [2.24, 2.45) is 0 Å². The molecule has 0 aromatic heterocycles. The van der Waals surface area contributed by atoms with Crippen LogP contribution in [-0.2, 0) is 13.0 Å². The van der Waals surface area contributed by atoms with E-state index in [-0.39, 0.29) is 0 Å². The van der Waals surface area contributed by atoms with Crippen molar-refractivity contribution in [2.75, 3.05) is 6.61 Å². The van der Waals surface area contributed by atoms with Gasteiger partial charge in [0.05, 0.1) is 6.61 Å². The SMILES string of the molecule is BrC1CCOc2ccc(OCc3ccccc3)cc2C1. The van der Waals surface area contributed by atoms with Crippen LogP contribution in [0.1, 0.15) is 17.5 Å². The Bertz CT molecular complexity index is 568. The summed E-state index contributed by atoms with van der Waals surface area (Å²) >= 11 is 3.69. The quantitative estimate of drug-likeness (QED) is 0.778. The fourth-order valence-corrected chi connectivity index (χ4v) is 2.86. The molecular formula is C17H17BrO2. The summed E-state index contributed by atoms with van der Waals surface area (Å²) in [6.07, 6.45) is 2.02. The van der Waals surface area contributed by atoms with Crippen molar-refractivity contribution >= 4 is 15.9 Å². The Morgan fingerprint density at radius 1 is 1.15 bits per heavy atom. The lowest BCUT2D eigenvalue weighted by molar-refractivity contribution is 0.302. The lowest BCUT2D eigenvalue weighted by Crippen LogP contribution is -2.02. The Balaban J connectivity index is 1.72. The van der Waals surface area contributed by atoms with Gasteiger partial charge in [-0.25, -0.2) is 0 Å². The van der Waals surface area contributed by atoms with Crippen molar-refractivity contribution in [2.45, 2.75) is 24.3 Å². The Kier molecular flexibility index (Phi) is 4.26. The van der Waals surface area contributed by atoms with Crippen molar-refractivity contribution in [1.29, 1.82) is 0 Å². The normalized spacial score (nSPS) is 17.8. The van der Waals surface area contributed by atoms with Gasteiger partial charge in [0, 0.05) is 4.83 Å². The lowest BCUT2D eigenvalue weighted by atomic mass is 10.1. The van der Waals surface area contributed by atoms with E-state index in [0.717, 1.165) is 30.9 Å². The maximum atomic E-state index is 5.86. The molecule has 0 spiro atoms. The second-order valence-corrected chi connectivity index (χ2v) is 6.28. The van der Waals surface area contributed by atoms with Gasteiger partial charge >= 0.3 is 0 Å². The first-order valence-corrected chi connectivity index (χ1v) is 7.79. The summed E-state index contributed by atoms with van der Waals surface area (Å²) < 4.78 is 11.6. The summed E-state index contributed by atoms with van der Waals surface area (Å²) in [5.74, 6) is 1.89. The zero-order valence-electron chi connectivity index (χ0n) is 11.2.